The molecule has 4 aliphatic carbocycles. The summed E-state index contributed by atoms with van der Waals surface area (Å²) < 4.78 is 26.9. The van der Waals surface area contributed by atoms with Crippen molar-refractivity contribution in [2.24, 2.45) is 22.5 Å². The molecule has 4 rings (SSSR count). The summed E-state index contributed by atoms with van der Waals surface area (Å²) >= 11 is 0. The molecule has 4 fully saturated rings. The Labute approximate surface area is 116 Å². The van der Waals surface area contributed by atoms with Gasteiger partial charge in [0.15, 0.2) is 0 Å². The highest BCUT2D eigenvalue weighted by atomic mass is 32.2. The van der Waals surface area contributed by atoms with Gasteiger partial charge in [-0.3, -0.25) is 4.55 Å². The molecule has 0 saturated heterocycles. The van der Waals surface area contributed by atoms with Gasteiger partial charge in [0.1, 0.15) is 0 Å². The Morgan fingerprint density at radius 2 is 1.53 bits per heavy atom. The number of hydrogen-bond donors (Lipinski definition) is 2. The molecular weight excluding hydrogens is 262 g/mol. The summed E-state index contributed by atoms with van der Waals surface area (Å²) in [6.45, 7) is 6.31. The average Bonchev–Trinajstić information content (AvgIpc) is 2.09. The van der Waals surface area contributed by atoms with Gasteiger partial charge in [0, 0.05) is 5.54 Å². The second kappa shape index (κ2) is 4.43. The molecule has 19 heavy (non-hydrogen) atoms. The molecule has 112 valence electrons. The van der Waals surface area contributed by atoms with Gasteiger partial charge in [0.2, 0.25) is 0 Å². The first-order chi connectivity index (χ1) is 8.47. The molecule has 0 spiro atoms. The van der Waals surface area contributed by atoms with Crippen molar-refractivity contribution in [3.63, 3.8) is 0 Å². The molecule has 4 nitrogen and oxygen atoms in total. The van der Waals surface area contributed by atoms with Crippen molar-refractivity contribution in [3.05, 3.63) is 0 Å². The molecule has 4 bridgehead atoms. The fraction of sp³-hybridized carbons (Fsp3) is 1.00. The zero-order chi connectivity index (χ0) is 14.5. The smallest absolute Gasteiger partial charge is 0.264 e. The highest BCUT2D eigenvalue weighted by Gasteiger charge is 2.58. The fourth-order valence-electron chi connectivity index (χ4n) is 5.54. The van der Waals surface area contributed by atoms with Crippen LogP contribution in [0.3, 0.4) is 0 Å². The monoisotopic (exact) mass is 289 g/mol. The van der Waals surface area contributed by atoms with E-state index in [4.69, 9.17) is 10.3 Å². The number of hydrogen-bond acceptors (Lipinski definition) is 3. The lowest BCUT2D eigenvalue weighted by molar-refractivity contribution is -0.104. The van der Waals surface area contributed by atoms with Gasteiger partial charge in [0.05, 0.1) is 5.75 Å². The molecule has 0 radical (unpaired) electrons. The van der Waals surface area contributed by atoms with E-state index in [0.29, 0.717) is 10.8 Å². The maximum absolute atomic E-state index is 9.56. The molecule has 0 heterocycles. The minimum Gasteiger partial charge on any atom is -0.325 e. The predicted molar refractivity (Wildman–Crippen MR) is 76.4 cm³/mol. The van der Waals surface area contributed by atoms with Gasteiger partial charge in [-0.05, 0) is 62.2 Å². The first-order valence-corrected chi connectivity index (χ1v) is 8.82. The Morgan fingerprint density at radius 3 is 1.79 bits per heavy atom. The summed E-state index contributed by atoms with van der Waals surface area (Å²) in [7, 11) is -3.66. The third-order valence-corrected chi connectivity index (χ3v) is 5.76. The van der Waals surface area contributed by atoms with E-state index in [2.05, 4.69) is 13.8 Å². The van der Waals surface area contributed by atoms with Crippen LogP contribution in [-0.2, 0) is 10.1 Å². The van der Waals surface area contributed by atoms with Gasteiger partial charge >= 0.3 is 0 Å². The number of rotatable bonds is 1. The van der Waals surface area contributed by atoms with Crippen LogP contribution in [0.5, 0.6) is 0 Å². The third kappa shape index (κ3) is 3.50. The molecule has 4 aliphatic rings. The van der Waals surface area contributed by atoms with Crippen molar-refractivity contribution in [3.8, 4) is 0 Å². The van der Waals surface area contributed by atoms with Crippen LogP contribution in [0, 0.1) is 16.7 Å². The van der Waals surface area contributed by atoms with Crippen molar-refractivity contribution in [1.82, 2.24) is 0 Å². The zero-order valence-corrected chi connectivity index (χ0v) is 13.1. The summed E-state index contributed by atoms with van der Waals surface area (Å²) in [6.07, 6.45) is 8.27. The summed E-state index contributed by atoms with van der Waals surface area (Å²) in [5, 5.41) is 0. The zero-order valence-electron chi connectivity index (χ0n) is 12.3. The van der Waals surface area contributed by atoms with Gasteiger partial charge in [-0.15, -0.1) is 0 Å². The van der Waals surface area contributed by atoms with Gasteiger partial charge in [-0.25, -0.2) is 0 Å². The van der Waals surface area contributed by atoms with Crippen LogP contribution in [0.2, 0.25) is 0 Å². The standard InChI is InChI=1S/C12H21N.C2H6O3S/c1-10-3-9-4-11(2,6-10)8-12(13,5-9)7-10;1-2-6(3,4)5/h9H,3-8,13H2,1-2H3;2H2,1H3,(H,3,4,5). The first-order valence-electron chi connectivity index (χ1n) is 7.21. The Balaban J connectivity index is 0.000000192. The van der Waals surface area contributed by atoms with Gasteiger partial charge in [0.25, 0.3) is 10.1 Å². The van der Waals surface area contributed by atoms with Crippen molar-refractivity contribution < 1.29 is 13.0 Å². The van der Waals surface area contributed by atoms with Crippen LogP contribution in [0.4, 0.5) is 0 Å². The Kier molecular flexibility index (Phi) is 3.56. The van der Waals surface area contributed by atoms with E-state index in [1.165, 1.54) is 45.4 Å². The number of nitrogens with two attached hydrogens (primary N) is 1. The van der Waals surface area contributed by atoms with Crippen LogP contribution < -0.4 is 5.73 Å². The average molecular weight is 289 g/mol. The van der Waals surface area contributed by atoms with Crippen LogP contribution >= 0.6 is 0 Å². The summed E-state index contributed by atoms with van der Waals surface area (Å²) in [4.78, 5) is 0. The summed E-state index contributed by atoms with van der Waals surface area (Å²) in [5.41, 5.74) is 7.92. The molecule has 0 aromatic heterocycles. The molecule has 3 N–H and O–H groups in total. The summed E-state index contributed by atoms with van der Waals surface area (Å²) in [6, 6.07) is 0. The Hall–Kier alpha value is -0.130. The largest absolute Gasteiger partial charge is 0.325 e. The van der Waals surface area contributed by atoms with Gasteiger partial charge in [-0.1, -0.05) is 13.8 Å². The van der Waals surface area contributed by atoms with E-state index in [0.717, 1.165) is 5.92 Å². The van der Waals surface area contributed by atoms with Crippen molar-refractivity contribution in [2.75, 3.05) is 5.75 Å². The van der Waals surface area contributed by atoms with Crippen molar-refractivity contribution >= 4 is 10.1 Å². The van der Waals surface area contributed by atoms with Crippen molar-refractivity contribution in [1.29, 1.82) is 0 Å². The second-order valence-corrected chi connectivity index (χ2v) is 9.60. The minimum absolute atomic E-state index is 0.201. The Bertz CT molecular complexity index is 409. The van der Waals surface area contributed by atoms with E-state index < -0.39 is 10.1 Å². The molecule has 0 aliphatic heterocycles. The van der Waals surface area contributed by atoms with Crippen molar-refractivity contribution in [2.45, 2.75) is 64.8 Å². The SMILES string of the molecule is CC12CC3CC(C)(C1)CC(N)(C3)C2.CCS(=O)(=O)O. The Morgan fingerprint density at radius 1 is 1.11 bits per heavy atom. The van der Waals surface area contributed by atoms with E-state index in [1.807, 2.05) is 0 Å². The lowest BCUT2D eigenvalue weighted by Crippen LogP contribution is -2.62. The molecule has 2 unspecified atom stereocenters. The maximum atomic E-state index is 9.56. The molecule has 4 saturated carbocycles. The van der Waals surface area contributed by atoms with Gasteiger partial charge < -0.3 is 5.73 Å². The second-order valence-electron chi connectivity index (χ2n) is 7.86. The first kappa shape index (κ1) is 15.3. The van der Waals surface area contributed by atoms with E-state index in [9.17, 15) is 8.42 Å². The highest BCUT2D eigenvalue weighted by molar-refractivity contribution is 7.85. The molecule has 0 aromatic rings. The maximum Gasteiger partial charge on any atom is 0.264 e. The third-order valence-electron chi connectivity index (χ3n) is 5.03. The van der Waals surface area contributed by atoms with E-state index in [1.54, 1.807) is 0 Å². The van der Waals surface area contributed by atoms with Crippen LogP contribution in [0.25, 0.3) is 0 Å². The normalized spacial score (nSPS) is 47.7. The molecule has 0 aromatic carbocycles. The molecule has 5 heteroatoms. The van der Waals surface area contributed by atoms with Gasteiger partial charge in [-0.2, -0.15) is 8.42 Å². The van der Waals surface area contributed by atoms with Crippen LogP contribution in [0.15, 0.2) is 0 Å². The quantitative estimate of drug-likeness (QED) is 0.727. The van der Waals surface area contributed by atoms with E-state index in [-0.39, 0.29) is 11.3 Å². The topological polar surface area (TPSA) is 80.4 Å². The fourth-order valence-corrected chi connectivity index (χ4v) is 5.54. The lowest BCUT2D eigenvalue weighted by Gasteiger charge is -2.64. The molecule has 0 amide bonds. The lowest BCUT2D eigenvalue weighted by atomic mass is 9.43. The van der Waals surface area contributed by atoms with Crippen LogP contribution in [-0.4, -0.2) is 24.3 Å². The van der Waals surface area contributed by atoms with Crippen LogP contribution in [0.1, 0.15) is 59.3 Å². The highest BCUT2D eigenvalue weighted by Crippen LogP contribution is 2.65. The molecular formula is C14H27NO3S. The molecule has 2 atom stereocenters. The predicted octanol–water partition coefficient (Wildman–Crippen LogP) is 2.59. The van der Waals surface area contributed by atoms with E-state index >= 15 is 0 Å². The minimum atomic E-state index is -3.66. The summed E-state index contributed by atoms with van der Waals surface area (Å²) in [5.74, 6) is 0.753.